The monoisotopic (exact) mass is 284 g/mol. The van der Waals surface area contributed by atoms with Crippen LogP contribution < -0.4 is 5.73 Å². The van der Waals surface area contributed by atoms with Gasteiger partial charge in [-0.2, -0.15) is 13.2 Å². The van der Waals surface area contributed by atoms with E-state index in [-0.39, 0.29) is 6.04 Å². The Hall–Kier alpha value is -1.89. The summed E-state index contributed by atoms with van der Waals surface area (Å²) < 4.78 is 38.9. The standard InChI is InChI=1S/C13H15F3N4/c1-20-8-12(18-19-20)7-11(17)6-9-2-4-10(5-3-9)13(14,15)16/h2-5,8,11H,6-7,17H2,1H3. The molecule has 1 unspecified atom stereocenters. The minimum atomic E-state index is -4.31. The maximum atomic E-state index is 12.4. The number of alkyl halides is 3. The van der Waals surface area contributed by atoms with Crippen LogP contribution in [0.1, 0.15) is 16.8 Å². The summed E-state index contributed by atoms with van der Waals surface area (Å²) in [4.78, 5) is 0. The second kappa shape index (κ2) is 5.62. The molecule has 0 amide bonds. The molecule has 4 nitrogen and oxygen atoms in total. The van der Waals surface area contributed by atoms with Crippen molar-refractivity contribution in [3.63, 3.8) is 0 Å². The first-order chi connectivity index (χ1) is 9.34. The first-order valence-corrected chi connectivity index (χ1v) is 6.11. The molecule has 2 aromatic rings. The van der Waals surface area contributed by atoms with Gasteiger partial charge < -0.3 is 5.73 Å². The van der Waals surface area contributed by atoms with Gasteiger partial charge in [-0.3, -0.25) is 4.68 Å². The molecule has 1 aromatic heterocycles. The molecule has 108 valence electrons. The van der Waals surface area contributed by atoms with Crippen LogP contribution in [-0.4, -0.2) is 21.0 Å². The Morgan fingerprint density at radius 2 is 1.85 bits per heavy atom. The van der Waals surface area contributed by atoms with Gasteiger partial charge in [0, 0.05) is 25.7 Å². The van der Waals surface area contributed by atoms with Gasteiger partial charge in [0.05, 0.1) is 11.3 Å². The maximum absolute atomic E-state index is 12.4. The van der Waals surface area contributed by atoms with Gasteiger partial charge in [-0.25, -0.2) is 0 Å². The summed E-state index contributed by atoms with van der Waals surface area (Å²) in [5.41, 5.74) is 6.87. The van der Waals surface area contributed by atoms with Gasteiger partial charge in [0.1, 0.15) is 0 Å². The molecule has 0 saturated heterocycles. The summed E-state index contributed by atoms with van der Waals surface area (Å²) >= 11 is 0. The van der Waals surface area contributed by atoms with Crippen LogP contribution >= 0.6 is 0 Å². The van der Waals surface area contributed by atoms with E-state index in [1.54, 1.807) is 17.9 Å². The van der Waals surface area contributed by atoms with Crippen LogP contribution in [0.5, 0.6) is 0 Å². The van der Waals surface area contributed by atoms with Gasteiger partial charge in [0.2, 0.25) is 0 Å². The fourth-order valence-electron chi connectivity index (χ4n) is 1.96. The summed E-state index contributed by atoms with van der Waals surface area (Å²) in [6.45, 7) is 0. The van der Waals surface area contributed by atoms with Crippen molar-refractivity contribution in [2.24, 2.45) is 12.8 Å². The van der Waals surface area contributed by atoms with Crippen molar-refractivity contribution in [2.45, 2.75) is 25.1 Å². The third-order valence-corrected chi connectivity index (χ3v) is 2.90. The SMILES string of the molecule is Cn1cc(CC(N)Cc2ccc(C(F)(F)F)cc2)nn1. The molecular formula is C13H15F3N4. The highest BCUT2D eigenvalue weighted by Crippen LogP contribution is 2.29. The fourth-order valence-corrected chi connectivity index (χ4v) is 1.96. The molecule has 0 fully saturated rings. The molecule has 0 bridgehead atoms. The van der Waals surface area contributed by atoms with E-state index in [1.165, 1.54) is 12.1 Å². The zero-order chi connectivity index (χ0) is 14.8. The van der Waals surface area contributed by atoms with Crippen molar-refractivity contribution < 1.29 is 13.2 Å². The average molecular weight is 284 g/mol. The van der Waals surface area contributed by atoms with Crippen LogP contribution in [0.2, 0.25) is 0 Å². The molecule has 0 radical (unpaired) electrons. The average Bonchev–Trinajstić information content (AvgIpc) is 2.74. The second-order valence-corrected chi connectivity index (χ2v) is 4.75. The van der Waals surface area contributed by atoms with Gasteiger partial charge in [-0.05, 0) is 24.1 Å². The minimum absolute atomic E-state index is 0.205. The number of nitrogens with two attached hydrogens (primary N) is 1. The zero-order valence-electron chi connectivity index (χ0n) is 10.9. The van der Waals surface area contributed by atoms with Crippen molar-refractivity contribution in [2.75, 3.05) is 0 Å². The summed E-state index contributed by atoms with van der Waals surface area (Å²) in [6, 6.07) is 4.86. The van der Waals surface area contributed by atoms with Gasteiger partial charge >= 0.3 is 6.18 Å². The number of rotatable bonds is 4. The molecule has 0 aliphatic heterocycles. The number of aryl methyl sites for hydroxylation is 1. The number of nitrogens with zero attached hydrogens (tertiary/aromatic N) is 3. The Bertz CT molecular complexity index is 560. The molecule has 1 aromatic carbocycles. The second-order valence-electron chi connectivity index (χ2n) is 4.75. The highest BCUT2D eigenvalue weighted by Gasteiger charge is 2.29. The largest absolute Gasteiger partial charge is 0.416 e. The van der Waals surface area contributed by atoms with Crippen LogP contribution in [-0.2, 0) is 26.1 Å². The lowest BCUT2D eigenvalue weighted by atomic mass is 10.0. The molecule has 1 atom stereocenters. The number of hydrogen-bond donors (Lipinski definition) is 1. The lowest BCUT2D eigenvalue weighted by Gasteiger charge is -2.11. The van der Waals surface area contributed by atoms with Gasteiger partial charge in [-0.1, -0.05) is 17.3 Å². The first kappa shape index (κ1) is 14.5. The Balaban J connectivity index is 1.96. The van der Waals surface area contributed by atoms with Crippen LogP contribution in [0.15, 0.2) is 30.5 Å². The van der Waals surface area contributed by atoms with E-state index < -0.39 is 11.7 Å². The molecule has 0 aliphatic carbocycles. The fraction of sp³-hybridized carbons (Fsp3) is 0.385. The van der Waals surface area contributed by atoms with E-state index in [0.29, 0.717) is 12.8 Å². The van der Waals surface area contributed by atoms with Gasteiger partial charge in [0.25, 0.3) is 0 Å². The van der Waals surface area contributed by atoms with Crippen LogP contribution in [0, 0.1) is 0 Å². The Labute approximate surface area is 114 Å². The highest BCUT2D eigenvalue weighted by molar-refractivity contribution is 5.25. The number of halogens is 3. The van der Waals surface area contributed by atoms with E-state index >= 15 is 0 Å². The van der Waals surface area contributed by atoms with E-state index in [1.807, 2.05) is 0 Å². The van der Waals surface area contributed by atoms with E-state index in [4.69, 9.17) is 5.73 Å². The normalized spacial score (nSPS) is 13.4. The minimum Gasteiger partial charge on any atom is -0.327 e. The van der Waals surface area contributed by atoms with Crippen LogP contribution in [0.3, 0.4) is 0 Å². The lowest BCUT2D eigenvalue weighted by Crippen LogP contribution is -2.25. The molecule has 0 aliphatic rings. The summed E-state index contributed by atoms with van der Waals surface area (Å²) in [6.07, 6.45) is -1.50. The lowest BCUT2D eigenvalue weighted by molar-refractivity contribution is -0.137. The zero-order valence-corrected chi connectivity index (χ0v) is 10.9. The van der Waals surface area contributed by atoms with Crippen molar-refractivity contribution in [1.29, 1.82) is 0 Å². The Morgan fingerprint density at radius 1 is 1.20 bits per heavy atom. The van der Waals surface area contributed by atoms with E-state index in [0.717, 1.165) is 23.4 Å². The highest BCUT2D eigenvalue weighted by atomic mass is 19.4. The molecular weight excluding hydrogens is 269 g/mol. The number of aromatic nitrogens is 3. The molecule has 2 N–H and O–H groups in total. The molecule has 1 heterocycles. The summed E-state index contributed by atoms with van der Waals surface area (Å²) in [7, 11) is 1.76. The van der Waals surface area contributed by atoms with Gasteiger partial charge in [-0.15, -0.1) is 5.10 Å². The van der Waals surface area contributed by atoms with E-state index in [9.17, 15) is 13.2 Å². The van der Waals surface area contributed by atoms with Crippen molar-refractivity contribution >= 4 is 0 Å². The Kier molecular flexibility index (Phi) is 4.08. The van der Waals surface area contributed by atoms with E-state index in [2.05, 4.69) is 10.3 Å². The Morgan fingerprint density at radius 3 is 2.35 bits per heavy atom. The third-order valence-electron chi connectivity index (χ3n) is 2.90. The smallest absolute Gasteiger partial charge is 0.327 e. The number of hydrogen-bond acceptors (Lipinski definition) is 3. The van der Waals surface area contributed by atoms with Crippen LogP contribution in [0.25, 0.3) is 0 Å². The van der Waals surface area contributed by atoms with Crippen molar-refractivity contribution in [1.82, 2.24) is 15.0 Å². The molecule has 7 heteroatoms. The van der Waals surface area contributed by atoms with Crippen molar-refractivity contribution in [3.8, 4) is 0 Å². The van der Waals surface area contributed by atoms with Crippen LogP contribution in [0.4, 0.5) is 13.2 Å². The summed E-state index contributed by atoms with van der Waals surface area (Å²) in [5, 5.41) is 7.73. The molecule has 20 heavy (non-hydrogen) atoms. The molecule has 0 saturated carbocycles. The number of benzene rings is 1. The van der Waals surface area contributed by atoms with Gasteiger partial charge in [0.15, 0.2) is 0 Å². The quantitative estimate of drug-likeness (QED) is 0.933. The maximum Gasteiger partial charge on any atom is 0.416 e. The predicted molar refractivity (Wildman–Crippen MR) is 67.8 cm³/mol. The third kappa shape index (κ3) is 3.80. The first-order valence-electron chi connectivity index (χ1n) is 6.11. The molecule has 0 spiro atoms. The summed E-state index contributed by atoms with van der Waals surface area (Å²) in [5.74, 6) is 0. The molecule has 2 rings (SSSR count). The predicted octanol–water partition coefficient (Wildman–Crippen LogP) is 1.95. The topological polar surface area (TPSA) is 56.7 Å². The van der Waals surface area contributed by atoms with Crippen molar-refractivity contribution in [3.05, 3.63) is 47.3 Å².